The highest BCUT2D eigenvalue weighted by Gasteiger charge is 2.25. The van der Waals surface area contributed by atoms with Crippen LogP contribution in [0.2, 0.25) is 0 Å². The van der Waals surface area contributed by atoms with Crippen LogP contribution in [0.15, 0.2) is 4.42 Å². The number of carbonyl (C=O) groups excluding carboxylic acids is 1. The second kappa shape index (κ2) is 3.46. The maximum Gasteiger partial charge on any atom is 0.341 e. The van der Waals surface area contributed by atoms with Gasteiger partial charge in [-0.05, 0) is 6.92 Å². The summed E-state index contributed by atoms with van der Waals surface area (Å²) in [6, 6.07) is 0. The van der Waals surface area contributed by atoms with Crippen LogP contribution < -0.4 is 5.32 Å². The molecule has 1 N–H and O–H groups in total. The van der Waals surface area contributed by atoms with E-state index in [1.807, 2.05) is 0 Å². The van der Waals surface area contributed by atoms with Crippen LogP contribution in [-0.4, -0.2) is 19.6 Å². The first kappa shape index (κ1) is 9.27. The van der Waals surface area contributed by atoms with E-state index in [2.05, 4.69) is 5.32 Å². The van der Waals surface area contributed by atoms with Crippen LogP contribution >= 0.6 is 0 Å². The van der Waals surface area contributed by atoms with Gasteiger partial charge in [0.25, 0.3) is 0 Å². The Balaban J connectivity index is 2.47. The van der Waals surface area contributed by atoms with Crippen molar-refractivity contribution < 1.29 is 13.9 Å². The molecule has 0 saturated carbocycles. The van der Waals surface area contributed by atoms with Crippen LogP contribution in [0.3, 0.4) is 0 Å². The minimum atomic E-state index is -0.309. The summed E-state index contributed by atoms with van der Waals surface area (Å²) in [6.45, 7) is 3.39. The van der Waals surface area contributed by atoms with Gasteiger partial charge in [0.2, 0.25) is 0 Å². The number of methoxy groups -OCH3 is 1. The Hall–Kier alpha value is -1.29. The van der Waals surface area contributed by atoms with Crippen molar-refractivity contribution in [2.75, 3.05) is 13.7 Å². The van der Waals surface area contributed by atoms with E-state index in [0.29, 0.717) is 17.9 Å². The van der Waals surface area contributed by atoms with Crippen LogP contribution in [0.1, 0.15) is 27.4 Å². The van der Waals surface area contributed by atoms with Gasteiger partial charge in [-0.25, -0.2) is 4.79 Å². The summed E-state index contributed by atoms with van der Waals surface area (Å²) in [5.74, 6) is 1.27. The van der Waals surface area contributed by atoms with Gasteiger partial charge in [-0.3, -0.25) is 0 Å². The van der Waals surface area contributed by atoms with E-state index < -0.39 is 0 Å². The standard InChI is InChI=1S/C10H13NO3/c1-6-9(10(12)13-2)7-5-11-4-3-8(7)14-6/h11H,3-5H2,1-2H3. The zero-order chi connectivity index (χ0) is 10.1. The minimum Gasteiger partial charge on any atom is -0.465 e. The monoisotopic (exact) mass is 195 g/mol. The lowest BCUT2D eigenvalue weighted by atomic mass is 10.0. The highest BCUT2D eigenvalue weighted by Crippen LogP contribution is 2.25. The average molecular weight is 195 g/mol. The predicted molar refractivity (Wildman–Crippen MR) is 50.2 cm³/mol. The zero-order valence-electron chi connectivity index (χ0n) is 8.35. The van der Waals surface area contributed by atoms with E-state index in [9.17, 15) is 4.79 Å². The fourth-order valence-electron chi connectivity index (χ4n) is 1.82. The number of ether oxygens (including phenoxy) is 1. The lowest BCUT2D eigenvalue weighted by molar-refractivity contribution is 0.0597. The molecule has 1 aliphatic rings. The molecule has 4 heteroatoms. The number of furan rings is 1. The van der Waals surface area contributed by atoms with Crippen LogP contribution in [0, 0.1) is 6.92 Å². The van der Waals surface area contributed by atoms with Gasteiger partial charge < -0.3 is 14.5 Å². The number of carbonyl (C=O) groups is 1. The van der Waals surface area contributed by atoms with E-state index in [0.717, 1.165) is 24.3 Å². The maximum atomic E-state index is 11.5. The number of aryl methyl sites for hydroxylation is 1. The van der Waals surface area contributed by atoms with Crippen molar-refractivity contribution in [3.05, 3.63) is 22.6 Å². The molecule has 0 spiro atoms. The average Bonchev–Trinajstić information content (AvgIpc) is 2.53. The van der Waals surface area contributed by atoms with E-state index in [4.69, 9.17) is 9.15 Å². The Morgan fingerprint density at radius 1 is 1.57 bits per heavy atom. The molecular formula is C10H13NO3. The number of nitrogens with one attached hydrogen (secondary N) is 1. The van der Waals surface area contributed by atoms with Gasteiger partial charge in [-0.1, -0.05) is 0 Å². The van der Waals surface area contributed by atoms with E-state index >= 15 is 0 Å². The van der Waals surface area contributed by atoms with Gasteiger partial charge in [0.05, 0.1) is 7.11 Å². The molecule has 76 valence electrons. The van der Waals surface area contributed by atoms with Gasteiger partial charge in [0.15, 0.2) is 0 Å². The number of hydrogen-bond donors (Lipinski definition) is 1. The normalized spacial score (nSPS) is 15.0. The molecule has 2 rings (SSSR count). The Labute approximate surface area is 82.2 Å². The lowest BCUT2D eigenvalue weighted by Gasteiger charge is -2.11. The van der Waals surface area contributed by atoms with Crippen molar-refractivity contribution in [3.8, 4) is 0 Å². The van der Waals surface area contributed by atoms with Gasteiger partial charge in [-0.2, -0.15) is 0 Å². The van der Waals surface area contributed by atoms with Crippen molar-refractivity contribution in [1.29, 1.82) is 0 Å². The molecule has 2 heterocycles. The minimum absolute atomic E-state index is 0.309. The third-order valence-corrected chi connectivity index (χ3v) is 2.49. The summed E-state index contributed by atoms with van der Waals surface area (Å²) < 4.78 is 10.2. The smallest absolute Gasteiger partial charge is 0.341 e. The van der Waals surface area contributed by atoms with E-state index in [-0.39, 0.29) is 5.97 Å². The molecule has 0 amide bonds. The number of rotatable bonds is 1. The molecule has 0 atom stereocenters. The molecule has 0 unspecified atom stereocenters. The first-order chi connectivity index (χ1) is 6.74. The molecule has 1 aliphatic heterocycles. The molecule has 0 aromatic carbocycles. The van der Waals surface area contributed by atoms with E-state index in [1.54, 1.807) is 6.92 Å². The number of hydrogen-bond acceptors (Lipinski definition) is 4. The van der Waals surface area contributed by atoms with Crippen molar-refractivity contribution in [1.82, 2.24) is 5.32 Å². The van der Waals surface area contributed by atoms with Crippen LogP contribution in [-0.2, 0) is 17.7 Å². The van der Waals surface area contributed by atoms with Gasteiger partial charge >= 0.3 is 5.97 Å². The summed E-state index contributed by atoms with van der Waals surface area (Å²) in [5.41, 5.74) is 1.55. The predicted octanol–water partition coefficient (Wildman–Crippen LogP) is 1.02. The second-order valence-corrected chi connectivity index (χ2v) is 3.35. The molecule has 0 bridgehead atoms. The second-order valence-electron chi connectivity index (χ2n) is 3.35. The van der Waals surface area contributed by atoms with Crippen molar-refractivity contribution in [2.45, 2.75) is 19.9 Å². The Morgan fingerprint density at radius 3 is 3.07 bits per heavy atom. The summed E-state index contributed by atoms with van der Waals surface area (Å²) >= 11 is 0. The highest BCUT2D eigenvalue weighted by molar-refractivity contribution is 5.92. The maximum absolute atomic E-state index is 11.5. The van der Waals surface area contributed by atoms with Gasteiger partial charge in [0, 0.05) is 25.1 Å². The summed E-state index contributed by atoms with van der Waals surface area (Å²) in [6.07, 6.45) is 0.840. The summed E-state index contributed by atoms with van der Waals surface area (Å²) in [4.78, 5) is 11.5. The molecular weight excluding hydrogens is 182 g/mol. The quantitative estimate of drug-likeness (QED) is 0.680. The third kappa shape index (κ3) is 1.32. The largest absolute Gasteiger partial charge is 0.465 e. The highest BCUT2D eigenvalue weighted by atomic mass is 16.5. The van der Waals surface area contributed by atoms with Gasteiger partial charge in [-0.15, -0.1) is 0 Å². The molecule has 1 aromatic rings. The first-order valence-corrected chi connectivity index (χ1v) is 4.64. The zero-order valence-corrected chi connectivity index (χ0v) is 8.35. The van der Waals surface area contributed by atoms with Gasteiger partial charge in [0.1, 0.15) is 17.1 Å². The summed E-state index contributed by atoms with van der Waals surface area (Å²) in [7, 11) is 1.39. The van der Waals surface area contributed by atoms with Crippen molar-refractivity contribution in [2.24, 2.45) is 0 Å². The fraction of sp³-hybridized carbons (Fsp3) is 0.500. The number of fused-ring (bicyclic) bond motifs is 1. The van der Waals surface area contributed by atoms with E-state index in [1.165, 1.54) is 7.11 Å². The van der Waals surface area contributed by atoms with Crippen LogP contribution in [0.5, 0.6) is 0 Å². The molecule has 14 heavy (non-hydrogen) atoms. The van der Waals surface area contributed by atoms with Crippen LogP contribution in [0.25, 0.3) is 0 Å². The lowest BCUT2D eigenvalue weighted by Crippen LogP contribution is -2.24. The third-order valence-electron chi connectivity index (χ3n) is 2.49. The molecule has 0 fully saturated rings. The Kier molecular flexibility index (Phi) is 2.29. The molecule has 1 aromatic heterocycles. The Morgan fingerprint density at radius 2 is 2.36 bits per heavy atom. The fourth-order valence-corrected chi connectivity index (χ4v) is 1.82. The summed E-state index contributed by atoms with van der Waals surface area (Å²) in [5, 5.41) is 3.21. The van der Waals surface area contributed by atoms with Crippen molar-refractivity contribution >= 4 is 5.97 Å². The Bertz CT molecular complexity index is 368. The molecule has 0 radical (unpaired) electrons. The molecule has 4 nitrogen and oxygen atoms in total. The SMILES string of the molecule is COC(=O)c1c(C)oc2c1CNCC2. The topological polar surface area (TPSA) is 51.5 Å². The molecule has 0 aliphatic carbocycles. The number of esters is 1. The molecule has 0 saturated heterocycles. The first-order valence-electron chi connectivity index (χ1n) is 4.64. The van der Waals surface area contributed by atoms with Crippen molar-refractivity contribution in [3.63, 3.8) is 0 Å². The van der Waals surface area contributed by atoms with Crippen LogP contribution in [0.4, 0.5) is 0 Å².